The normalized spacial score (nSPS) is 20.4. The summed E-state index contributed by atoms with van der Waals surface area (Å²) in [5.74, 6) is -0.595. The van der Waals surface area contributed by atoms with Gasteiger partial charge in [0.05, 0.1) is 0 Å². The number of ether oxygens (including phenoxy) is 4. The van der Waals surface area contributed by atoms with Crippen molar-refractivity contribution in [1.82, 2.24) is 0 Å². The van der Waals surface area contributed by atoms with E-state index in [0.717, 1.165) is 4.62 Å². The van der Waals surface area contributed by atoms with E-state index in [1.54, 1.807) is 0 Å². The van der Waals surface area contributed by atoms with Crippen LogP contribution in [0.15, 0.2) is 42.5 Å². The molecule has 0 unspecified atom stereocenters. The Labute approximate surface area is 213 Å². The van der Waals surface area contributed by atoms with Crippen LogP contribution in [0.4, 0.5) is 0 Å². The Balaban J connectivity index is 1.85. The fraction of sp³-hybridized carbons (Fsp3) is 0.724. The van der Waals surface area contributed by atoms with Crippen molar-refractivity contribution in [2.24, 2.45) is 0 Å². The number of hydrogen-bond acceptors (Lipinski definition) is 4. The molecule has 5 heteroatoms. The molecule has 1 fully saturated rings. The zero-order valence-corrected chi connectivity index (χ0v) is 25.4. The predicted octanol–water partition coefficient (Wildman–Crippen LogP) is 7.68. The van der Waals surface area contributed by atoms with Crippen LogP contribution in [0.5, 0.6) is 0 Å². The number of hydrogen-bond donors (Lipinski definition) is 0. The van der Waals surface area contributed by atoms with Gasteiger partial charge in [-0.15, -0.1) is 0 Å². The van der Waals surface area contributed by atoms with Crippen LogP contribution in [0.25, 0.3) is 0 Å². The van der Waals surface area contributed by atoms with Crippen LogP contribution in [-0.2, 0) is 25.6 Å². The van der Waals surface area contributed by atoms with Crippen LogP contribution >= 0.6 is 0 Å². The van der Waals surface area contributed by atoms with Gasteiger partial charge in [-0.2, -0.15) is 0 Å². The summed E-state index contributed by atoms with van der Waals surface area (Å²) in [7, 11) is 0. The van der Waals surface area contributed by atoms with Crippen LogP contribution in [-0.4, -0.2) is 54.2 Å². The average molecular weight is 581 g/mol. The first kappa shape index (κ1) is 29.8. The third kappa shape index (κ3) is 11.1. The smallest absolute Gasteiger partial charge is 0.0622 e. The van der Waals surface area contributed by atoms with Crippen molar-refractivity contribution in [1.29, 1.82) is 0 Å². The first-order valence-electron chi connectivity index (χ1n) is 13.7. The minimum atomic E-state index is -2.22. The third-order valence-electron chi connectivity index (χ3n) is 6.75. The summed E-state index contributed by atoms with van der Waals surface area (Å²) in [5.41, 5.74) is 1.17. The van der Waals surface area contributed by atoms with E-state index in [1.165, 1.54) is 57.4 Å². The molecule has 1 saturated heterocycles. The summed E-state index contributed by atoms with van der Waals surface area (Å²) < 4.78 is 30.1. The predicted molar refractivity (Wildman–Crippen MR) is 145 cm³/mol. The standard InChI is InChI=1S/C17H23O4.3C4H9.Sn/c1-17(2)20-15(10-7-11-18-3)16(21-17)13-19-12-14-8-5-4-6-9-14;3*1-3-4-2;/h4-10,15-16H,3,11-13H2,1-2H3;3*1,3-4H2,2H3;/b10-7+;;;;/t15-,16-;;;;/m0..../s1. The Hall–Kier alpha value is -0.401. The minimum absolute atomic E-state index is 0.105. The zero-order chi connectivity index (χ0) is 24.7. The van der Waals surface area contributed by atoms with E-state index < -0.39 is 24.2 Å². The van der Waals surface area contributed by atoms with Crippen LogP contribution < -0.4 is 0 Å². The first-order chi connectivity index (χ1) is 16.4. The topological polar surface area (TPSA) is 36.9 Å². The van der Waals surface area contributed by atoms with E-state index >= 15 is 0 Å². The van der Waals surface area contributed by atoms with Gasteiger partial charge in [0, 0.05) is 0 Å². The van der Waals surface area contributed by atoms with Crippen molar-refractivity contribution < 1.29 is 18.9 Å². The van der Waals surface area contributed by atoms with Gasteiger partial charge in [0.15, 0.2) is 0 Å². The monoisotopic (exact) mass is 582 g/mol. The van der Waals surface area contributed by atoms with Crippen molar-refractivity contribution in [3.05, 3.63) is 48.0 Å². The van der Waals surface area contributed by atoms with Gasteiger partial charge in [-0.1, -0.05) is 18.2 Å². The fourth-order valence-corrected chi connectivity index (χ4v) is 19.2. The van der Waals surface area contributed by atoms with Crippen LogP contribution in [0.2, 0.25) is 13.3 Å². The van der Waals surface area contributed by atoms with Gasteiger partial charge < -0.3 is 0 Å². The van der Waals surface area contributed by atoms with Crippen molar-refractivity contribution in [2.45, 2.75) is 111 Å². The van der Waals surface area contributed by atoms with Crippen molar-refractivity contribution in [3.63, 3.8) is 0 Å². The van der Waals surface area contributed by atoms with Crippen LogP contribution in [0.3, 0.4) is 0 Å². The van der Waals surface area contributed by atoms with Crippen LogP contribution in [0.1, 0.15) is 78.7 Å². The molecule has 1 aliphatic rings. The summed E-state index contributed by atoms with van der Waals surface area (Å²) in [6.45, 7) is 12.7. The second-order valence-corrected chi connectivity index (χ2v) is 24.1. The molecule has 4 nitrogen and oxygen atoms in total. The van der Waals surface area contributed by atoms with E-state index in [0.29, 0.717) is 19.8 Å². The van der Waals surface area contributed by atoms with Gasteiger partial charge in [0.2, 0.25) is 0 Å². The second kappa shape index (κ2) is 16.4. The molecule has 0 bridgehead atoms. The molecule has 194 valence electrons. The van der Waals surface area contributed by atoms with Gasteiger partial charge in [-0.3, -0.25) is 0 Å². The molecular weight excluding hydrogens is 531 g/mol. The van der Waals surface area contributed by atoms with Crippen molar-refractivity contribution in [3.8, 4) is 0 Å². The summed E-state index contributed by atoms with van der Waals surface area (Å²) in [5, 5.41) is 0. The summed E-state index contributed by atoms with van der Waals surface area (Å²) in [6.07, 6.45) is 12.1. The Kier molecular flexibility index (Phi) is 14.4. The van der Waals surface area contributed by atoms with Gasteiger partial charge in [-0.05, 0) is 0 Å². The van der Waals surface area contributed by atoms with E-state index in [1.807, 2.05) is 32.0 Å². The molecule has 1 heterocycles. The fourth-order valence-electron chi connectivity index (χ4n) is 4.80. The number of unbranched alkanes of at least 4 members (excludes halogenated alkanes) is 3. The molecule has 1 aromatic rings. The van der Waals surface area contributed by atoms with Crippen molar-refractivity contribution in [2.75, 3.05) is 17.8 Å². The Morgan fingerprint density at radius 2 is 1.50 bits per heavy atom. The minimum Gasteiger partial charge on any atom is -0.0622 e. The number of benzene rings is 1. The van der Waals surface area contributed by atoms with E-state index in [4.69, 9.17) is 18.9 Å². The van der Waals surface area contributed by atoms with E-state index in [-0.39, 0.29) is 12.2 Å². The zero-order valence-electron chi connectivity index (χ0n) is 22.5. The Bertz CT molecular complexity index is 654. The Morgan fingerprint density at radius 1 is 0.882 bits per heavy atom. The molecule has 1 aromatic carbocycles. The molecule has 0 aliphatic carbocycles. The molecule has 34 heavy (non-hydrogen) atoms. The molecule has 0 radical (unpaired) electrons. The number of rotatable bonds is 18. The summed E-state index contributed by atoms with van der Waals surface area (Å²) in [6, 6.07) is 10.3. The average Bonchev–Trinajstić information content (AvgIpc) is 3.13. The van der Waals surface area contributed by atoms with Gasteiger partial charge in [-0.25, -0.2) is 0 Å². The third-order valence-corrected chi connectivity index (χ3v) is 21.2. The molecule has 2 rings (SSSR count). The van der Waals surface area contributed by atoms with Gasteiger partial charge in [0.25, 0.3) is 0 Å². The van der Waals surface area contributed by atoms with Crippen molar-refractivity contribution >= 4 is 18.4 Å². The molecule has 0 amide bonds. The first-order valence-corrected chi connectivity index (χ1v) is 21.7. The quantitative estimate of drug-likeness (QED) is 0.101. The SMILES string of the molecule is CCC[CH2][Sn]([CH2]CCC)([CH2]CCC)[CH2]OC/C=C/[C@@H]1OC(C)(C)O[C@H]1COCc1ccccc1. The maximum absolute atomic E-state index is 6.36. The van der Waals surface area contributed by atoms with E-state index in [2.05, 4.69) is 45.1 Å². The van der Waals surface area contributed by atoms with Gasteiger partial charge >= 0.3 is 196 Å². The second-order valence-electron chi connectivity index (χ2n) is 10.4. The van der Waals surface area contributed by atoms with Crippen LogP contribution in [0, 0.1) is 0 Å². The summed E-state index contributed by atoms with van der Waals surface area (Å²) in [4.78, 5) is 0. The molecule has 1 aliphatic heterocycles. The molecule has 2 atom stereocenters. The molecule has 0 aromatic heterocycles. The molecule has 0 N–H and O–H groups in total. The Morgan fingerprint density at radius 3 is 2.09 bits per heavy atom. The molecule has 0 spiro atoms. The van der Waals surface area contributed by atoms with Gasteiger partial charge in [0.1, 0.15) is 0 Å². The molecule has 0 saturated carbocycles. The summed E-state index contributed by atoms with van der Waals surface area (Å²) >= 11 is -2.22. The maximum atomic E-state index is 6.36. The van der Waals surface area contributed by atoms with E-state index in [9.17, 15) is 0 Å². The molecular formula is C29H50O4Sn.